The molecule has 1 aliphatic rings. The van der Waals surface area contributed by atoms with E-state index in [2.05, 4.69) is 15.0 Å². The van der Waals surface area contributed by atoms with E-state index in [1.807, 2.05) is 11.0 Å². The molecule has 20 heavy (non-hydrogen) atoms. The molecular weight excluding hydrogens is 254 g/mol. The summed E-state index contributed by atoms with van der Waals surface area (Å²) < 4.78 is 0. The van der Waals surface area contributed by atoms with Crippen molar-refractivity contribution in [1.82, 2.24) is 15.0 Å². The number of nitriles is 1. The van der Waals surface area contributed by atoms with E-state index in [4.69, 9.17) is 0 Å². The Morgan fingerprint density at radius 2 is 2.15 bits per heavy atom. The van der Waals surface area contributed by atoms with Gasteiger partial charge in [0.25, 0.3) is 5.56 Å². The number of nitrogens with zero attached hydrogens (tertiary/aromatic N) is 4. The van der Waals surface area contributed by atoms with Crippen LogP contribution in [0.1, 0.15) is 18.4 Å². The molecule has 0 unspecified atom stereocenters. The summed E-state index contributed by atoms with van der Waals surface area (Å²) in [5, 5.41) is 9.17. The average Bonchev–Trinajstić information content (AvgIpc) is 3.01. The fraction of sp³-hybridized carbons (Fsp3) is 0.286. The van der Waals surface area contributed by atoms with Gasteiger partial charge in [0.15, 0.2) is 0 Å². The molecule has 6 heteroatoms. The Morgan fingerprint density at radius 3 is 2.80 bits per heavy atom. The minimum atomic E-state index is -0.400. The van der Waals surface area contributed by atoms with Crippen LogP contribution in [0.2, 0.25) is 0 Å². The Labute approximate surface area is 115 Å². The maximum atomic E-state index is 12.1. The van der Waals surface area contributed by atoms with Gasteiger partial charge < -0.3 is 4.90 Å². The van der Waals surface area contributed by atoms with E-state index in [-0.39, 0.29) is 5.56 Å². The lowest BCUT2D eigenvalue weighted by molar-refractivity contribution is 0.889. The summed E-state index contributed by atoms with van der Waals surface area (Å²) in [5.74, 6) is 0.533. The third-order valence-corrected chi connectivity index (χ3v) is 3.36. The first-order valence-corrected chi connectivity index (χ1v) is 6.49. The fourth-order valence-electron chi connectivity index (χ4n) is 2.36. The molecule has 2 aromatic heterocycles. The Bertz CT molecular complexity index is 711. The van der Waals surface area contributed by atoms with Crippen LogP contribution >= 0.6 is 0 Å². The molecule has 1 aliphatic heterocycles. The quantitative estimate of drug-likeness (QED) is 0.886. The zero-order valence-corrected chi connectivity index (χ0v) is 10.8. The summed E-state index contributed by atoms with van der Waals surface area (Å²) in [7, 11) is 0. The van der Waals surface area contributed by atoms with Gasteiger partial charge in [0.1, 0.15) is 11.6 Å². The first-order valence-electron chi connectivity index (χ1n) is 6.49. The smallest absolute Gasteiger partial charge is 0.270 e. The van der Waals surface area contributed by atoms with E-state index >= 15 is 0 Å². The third-order valence-electron chi connectivity index (χ3n) is 3.36. The van der Waals surface area contributed by atoms with Crippen LogP contribution in [0.15, 0.2) is 29.3 Å². The maximum Gasteiger partial charge on any atom is 0.270 e. The number of pyridine rings is 1. The molecule has 1 fully saturated rings. The van der Waals surface area contributed by atoms with Crippen LogP contribution < -0.4 is 10.5 Å². The number of anilines is 1. The van der Waals surface area contributed by atoms with Gasteiger partial charge in [0, 0.05) is 31.0 Å². The predicted octanol–water partition coefficient (Wildman–Crippen LogP) is 1.30. The van der Waals surface area contributed by atoms with E-state index < -0.39 is 5.56 Å². The maximum absolute atomic E-state index is 12.1. The lowest BCUT2D eigenvalue weighted by Gasteiger charge is -2.16. The minimum Gasteiger partial charge on any atom is -0.342 e. The van der Waals surface area contributed by atoms with Gasteiger partial charge >= 0.3 is 0 Å². The van der Waals surface area contributed by atoms with Crippen LogP contribution in [0.25, 0.3) is 11.3 Å². The number of hydrogen-bond donors (Lipinski definition) is 1. The van der Waals surface area contributed by atoms with E-state index in [1.54, 1.807) is 24.5 Å². The number of hydrogen-bond acceptors (Lipinski definition) is 5. The molecule has 1 N–H and O–H groups in total. The summed E-state index contributed by atoms with van der Waals surface area (Å²) >= 11 is 0. The highest BCUT2D eigenvalue weighted by atomic mass is 16.1. The lowest BCUT2D eigenvalue weighted by atomic mass is 10.1. The molecular formula is C14H13N5O. The fourth-order valence-corrected chi connectivity index (χ4v) is 2.36. The van der Waals surface area contributed by atoms with Crippen molar-refractivity contribution in [3.05, 3.63) is 40.4 Å². The van der Waals surface area contributed by atoms with Crippen LogP contribution in [0.3, 0.4) is 0 Å². The molecule has 3 heterocycles. The summed E-state index contributed by atoms with van der Waals surface area (Å²) in [4.78, 5) is 25.3. The first kappa shape index (κ1) is 12.4. The molecule has 0 atom stereocenters. The number of rotatable bonds is 2. The normalized spacial score (nSPS) is 14.2. The van der Waals surface area contributed by atoms with Gasteiger partial charge in [0.05, 0.1) is 5.69 Å². The molecule has 0 amide bonds. The van der Waals surface area contributed by atoms with Gasteiger partial charge in [-0.25, -0.2) is 4.98 Å². The highest BCUT2D eigenvalue weighted by Crippen LogP contribution is 2.21. The third kappa shape index (κ3) is 2.14. The molecule has 2 aromatic rings. The number of aromatic nitrogens is 3. The average molecular weight is 267 g/mol. The van der Waals surface area contributed by atoms with E-state index in [0.29, 0.717) is 17.2 Å². The van der Waals surface area contributed by atoms with Gasteiger partial charge in [0.2, 0.25) is 5.95 Å². The second-order valence-electron chi connectivity index (χ2n) is 4.66. The molecule has 0 spiro atoms. The Balaban J connectivity index is 2.16. The van der Waals surface area contributed by atoms with Crippen LogP contribution in [-0.2, 0) is 0 Å². The Morgan fingerprint density at radius 1 is 1.35 bits per heavy atom. The molecule has 0 saturated carbocycles. The highest BCUT2D eigenvalue weighted by Gasteiger charge is 2.19. The second kappa shape index (κ2) is 5.13. The van der Waals surface area contributed by atoms with Crippen LogP contribution in [0, 0.1) is 11.3 Å². The zero-order valence-electron chi connectivity index (χ0n) is 10.8. The van der Waals surface area contributed by atoms with E-state index in [0.717, 1.165) is 25.9 Å². The number of H-pyrrole nitrogens is 1. The predicted molar refractivity (Wildman–Crippen MR) is 74.3 cm³/mol. The van der Waals surface area contributed by atoms with Gasteiger partial charge in [-0.05, 0) is 25.0 Å². The Hall–Kier alpha value is -2.68. The van der Waals surface area contributed by atoms with Crippen LogP contribution in [0.4, 0.5) is 5.95 Å². The van der Waals surface area contributed by atoms with Crippen molar-refractivity contribution in [2.75, 3.05) is 18.0 Å². The molecule has 0 radical (unpaired) electrons. The van der Waals surface area contributed by atoms with Gasteiger partial charge in [-0.15, -0.1) is 0 Å². The minimum absolute atomic E-state index is 0.0287. The van der Waals surface area contributed by atoms with Gasteiger partial charge in [-0.1, -0.05) is 0 Å². The standard InChI is InChI=1S/C14H13N5O/c15-8-11-12(10-4-3-5-16-9-10)17-14(18-13(11)20)19-6-1-2-7-19/h3-5,9H,1-2,6-7H2,(H,17,18,20). The lowest BCUT2D eigenvalue weighted by Crippen LogP contribution is -2.25. The summed E-state index contributed by atoms with van der Waals surface area (Å²) in [6.07, 6.45) is 5.43. The zero-order chi connectivity index (χ0) is 13.9. The van der Waals surface area contributed by atoms with Crippen molar-refractivity contribution in [2.24, 2.45) is 0 Å². The summed E-state index contributed by atoms with van der Waals surface area (Å²) in [6.45, 7) is 1.75. The summed E-state index contributed by atoms with van der Waals surface area (Å²) in [6, 6.07) is 5.48. The highest BCUT2D eigenvalue weighted by molar-refractivity contribution is 5.66. The number of aromatic amines is 1. The van der Waals surface area contributed by atoms with Crippen molar-refractivity contribution in [1.29, 1.82) is 5.26 Å². The SMILES string of the molecule is N#Cc1c(-c2cccnc2)nc(N2CCCC2)[nH]c1=O. The number of nitrogens with one attached hydrogen (secondary N) is 1. The molecule has 0 bridgehead atoms. The molecule has 6 nitrogen and oxygen atoms in total. The summed E-state index contributed by atoms with van der Waals surface area (Å²) in [5.41, 5.74) is 0.700. The van der Waals surface area contributed by atoms with Crippen molar-refractivity contribution in [3.63, 3.8) is 0 Å². The van der Waals surface area contributed by atoms with Crippen molar-refractivity contribution < 1.29 is 0 Å². The molecule has 3 rings (SSSR count). The molecule has 0 aromatic carbocycles. The van der Waals surface area contributed by atoms with Crippen molar-refractivity contribution >= 4 is 5.95 Å². The molecule has 100 valence electrons. The van der Waals surface area contributed by atoms with Gasteiger partial charge in [-0.2, -0.15) is 5.26 Å². The van der Waals surface area contributed by atoms with E-state index in [9.17, 15) is 10.1 Å². The Kier molecular flexibility index (Phi) is 3.17. The van der Waals surface area contributed by atoms with Crippen LogP contribution in [0.5, 0.6) is 0 Å². The van der Waals surface area contributed by atoms with E-state index in [1.165, 1.54) is 0 Å². The van der Waals surface area contributed by atoms with Crippen molar-refractivity contribution in [2.45, 2.75) is 12.8 Å². The molecule has 1 saturated heterocycles. The topological polar surface area (TPSA) is 85.7 Å². The largest absolute Gasteiger partial charge is 0.342 e. The monoisotopic (exact) mass is 267 g/mol. The van der Waals surface area contributed by atoms with Crippen molar-refractivity contribution in [3.8, 4) is 17.3 Å². The second-order valence-corrected chi connectivity index (χ2v) is 4.66. The molecule has 0 aliphatic carbocycles. The first-order chi connectivity index (χ1) is 9.79. The van der Waals surface area contributed by atoms with Gasteiger partial charge in [-0.3, -0.25) is 14.8 Å². The van der Waals surface area contributed by atoms with Crippen LogP contribution in [-0.4, -0.2) is 28.0 Å².